The van der Waals surface area contributed by atoms with E-state index in [1.807, 2.05) is 13.8 Å². The summed E-state index contributed by atoms with van der Waals surface area (Å²) in [6, 6.07) is 21.6. The molecular weight excluding hydrogens is 280 g/mol. The van der Waals surface area contributed by atoms with Crippen molar-refractivity contribution in [3.05, 3.63) is 71.8 Å². The molecule has 3 aromatic rings. The molecule has 0 saturated carbocycles. The van der Waals surface area contributed by atoms with E-state index in [0.29, 0.717) is 12.2 Å². The van der Waals surface area contributed by atoms with E-state index in [1.54, 1.807) is 0 Å². The molecule has 0 bridgehead atoms. The van der Waals surface area contributed by atoms with Crippen LogP contribution >= 0.6 is 0 Å². The fourth-order valence-electron chi connectivity index (χ4n) is 3.65. The van der Waals surface area contributed by atoms with Crippen LogP contribution in [0.2, 0.25) is 0 Å². The van der Waals surface area contributed by atoms with Gasteiger partial charge in [-0.1, -0.05) is 62.4 Å². The first-order valence-corrected chi connectivity index (χ1v) is 8.30. The van der Waals surface area contributed by atoms with Gasteiger partial charge in [0.1, 0.15) is 5.78 Å². The van der Waals surface area contributed by atoms with Gasteiger partial charge >= 0.3 is 0 Å². The average Bonchev–Trinajstić information content (AvgIpc) is 2.86. The molecule has 1 heteroatoms. The zero-order valence-corrected chi connectivity index (χ0v) is 13.5. The number of hydrogen-bond donors (Lipinski definition) is 0. The third-order valence-electron chi connectivity index (χ3n) is 4.97. The first-order chi connectivity index (χ1) is 11.1. The molecule has 1 aliphatic carbocycles. The molecule has 1 nitrogen and oxygen atoms in total. The Hall–Kier alpha value is -2.41. The summed E-state index contributed by atoms with van der Waals surface area (Å²) < 4.78 is 0. The van der Waals surface area contributed by atoms with Crippen molar-refractivity contribution in [3.8, 4) is 11.1 Å². The van der Waals surface area contributed by atoms with Crippen LogP contribution in [0.5, 0.6) is 0 Å². The van der Waals surface area contributed by atoms with Gasteiger partial charge in [0.15, 0.2) is 0 Å². The van der Waals surface area contributed by atoms with Crippen LogP contribution in [0, 0.1) is 5.92 Å². The van der Waals surface area contributed by atoms with Gasteiger partial charge in [-0.25, -0.2) is 0 Å². The predicted molar refractivity (Wildman–Crippen MR) is 95.7 cm³/mol. The van der Waals surface area contributed by atoms with Gasteiger partial charge in [-0.15, -0.1) is 0 Å². The van der Waals surface area contributed by atoms with Crippen molar-refractivity contribution >= 4 is 16.6 Å². The minimum Gasteiger partial charge on any atom is -0.299 e. The Morgan fingerprint density at radius 1 is 0.870 bits per heavy atom. The molecule has 4 rings (SSSR count). The highest BCUT2D eigenvalue weighted by Gasteiger charge is 2.30. The van der Waals surface area contributed by atoms with E-state index in [2.05, 4.69) is 60.7 Å². The molecule has 1 aliphatic rings. The molecule has 0 spiro atoms. The summed E-state index contributed by atoms with van der Waals surface area (Å²) in [4.78, 5) is 12.4. The lowest BCUT2D eigenvalue weighted by molar-refractivity contribution is -0.122. The summed E-state index contributed by atoms with van der Waals surface area (Å²) in [5, 5.41) is 2.51. The third kappa shape index (κ3) is 2.28. The van der Waals surface area contributed by atoms with Crippen molar-refractivity contribution in [2.75, 3.05) is 0 Å². The number of benzene rings is 3. The highest BCUT2D eigenvalue weighted by molar-refractivity contribution is 5.94. The van der Waals surface area contributed by atoms with Crippen LogP contribution in [0.25, 0.3) is 21.9 Å². The van der Waals surface area contributed by atoms with E-state index in [9.17, 15) is 4.79 Å². The summed E-state index contributed by atoms with van der Waals surface area (Å²) in [6.45, 7) is 3.98. The van der Waals surface area contributed by atoms with E-state index in [1.165, 1.54) is 33.0 Å². The maximum absolute atomic E-state index is 12.4. The van der Waals surface area contributed by atoms with Gasteiger partial charge in [0, 0.05) is 18.3 Å². The highest BCUT2D eigenvalue weighted by atomic mass is 16.1. The molecule has 0 amide bonds. The monoisotopic (exact) mass is 300 g/mol. The molecule has 0 aliphatic heterocycles. The Morgan fingerprint density at radius 2 is 1.52 bits per heavy atom. The second-order valence-corrected chi connectivity index (χ2v) is 6.75. The Balaban J connectivity index is 1.91. The number of ketones is 1. The fraction of sp³-hybridized carbons (Fsp3) is 0.227. The largest absolute Gasteiger partial charge is 0.299 e. The van der Waals surface area contributed by atoms with Crippen LogP contribution in [-0.4, -0.2) is 5.78 Å². The molecule has 1 atom stereocenters. The first kappa shape index (κ1) is 14.2. The lowest BCUT2D eigenvalue weighted by Crippen LogP contribution is -2.12. The Labute approximate surface area is 137 Å². The van der Waals surface area contributed by atoms with Crippen LogP contribution in [0.4, 0.5) is 0 Å². The minimum atomic E-state index is 0.0895. The van der Waals surface area contributed by atoms with Crippen LogP contribution in [0.15, 0.2) is 60.7 Å². The summed E-state index contributed by atoms with van der Waals surface area (Å²) in [6.07, 6.45) is 0.597. The molecule has 0 fully saturated rings. The van der Waals surface area contributed by atoms with Crippen LogP contribution < -0.4 is 0 Å². The standard InChI is InChI=1S/C22H20O/c1-14(2)22(23)13-21-18-10-6-5-9-17(18)19-11-15-7-3-4-8-16(15)12-20(19)21/h3-12,14,21H,13H2,1-2H3. The molecular formula is C22H20O. The second-order valence-electron chi connectivity index (χ2n) is 6.75. The lowest BCUT2D eigenvalue weighted by Gasteiger charge is -2.15. The van der Waals surface area contributed by atoms with Crippen molar-refractivity contribution in [1.29, 1.82) is 0 Å². The van der Waals surface area contributed by atoms with E-state index < -0.39 is 0 Å². The number of Topliss-reactive ketones (excluding diaryl/α,β-unsaturated/α-hetero) is 1. The quantitative estimate of drug-likeness (QED) is 0.618. The van der Waals surface area contributed by atoms with E-state index in [-0.39, 0.29) is 11.8 Å². The van der Waals surface area contributed by atoms with Gasteiger partial charge < -0.3 is 0 Å². The van der Waals surface area contributed by atoms with Crippen molar-refractivity contribution in [1.82, 2.24) is 0 Å². The van der Waals surface area contributed by atoms with Crippen LogP contribution in [-0.2, 0) is 4.79 Å². The SMILES string of the molecule is CC(C)C(=O)CC1c2ccccc2-c2cc3ccccc3cc21. The Bertz CT molecular complexity index is 905. The molecule has 0 N–H and O–H groups in total. The summed E-state index contributed by atoms with van der Waals surface area (Å²) in [5.74, 6) is 0.623. The van der Waals surface area contributed by atoms with Crippen molar-refractivity contribution in [3.63, 3.8) is 0 Å². The maximum Gasteiger partial charge on any atom is 0.136 e. The second kappa shape index (κ2) is 5.34. The minimum absolute atomic E-state index is 0.0895. The number of hydrogen-bond acceptors (Lipinski definition) is 1. The van der Waals surface area contributed by atoms with Crippen molar-refractivity contribution in [2.24, 2.45) is 5.92 Å². The zero-order chi connectivity index (χ0) is 16.0. The number of carbonyl (C=O) groups is 1. The predicted octanol–water partition coefficient (Wildman–Crippen LogP) is 5.57. The fourth-order valence-corrected chi connectivity index (χ4v) is 3.65. The normalized spacial score (nSPS) is 15.7. The average molecular weight is 300 g/mol. The topological polar surface area (TPSA) is 17.1 Å². The van der Waals surface area contributed by atoms with Gasteiger partial charge in [0.25, 0.3) is 0 Å². The van der Waals surface area contributed by atoms with Gasteiger partial charge in [-0.05, 0) is 45.2 Å². The van der Waals surface area contributed by atoms with Crippen molar-refractivity contribution < 1.29 is 4.79 Å². The summed E-state index contributed by atoms with van der Waals surface area (Å²) in [5.41, 5.74) is 5.18. The van der Waals surface area contributed by atoms with Gasteiger partial charge in [0.2, 0.25) is 0 Å². The van der Waals surface area contributed by atoms with Crippen LogP contribution in [0.1, 0.15) is 37.3 Å². The number of rotatable bonds is 3. The molecule has 114 valence electrons. The van der Waals surface area contributed by atoms with Gasteiger partial charge in [-0.2, -0.15) is 0 Å². The highest BCUT2D eigenvalue weighted by Crippen LogP contribution is 2.47. The molecule has 1 unspecified atom stereocenters. The number of carbonyl (C=O) groups excluding carboxylic acids is 1. The Kier molecular flexibility index (Phi) is 3.30. The molecule has 23 heavy (non-hydrogen) atoms. The third-order valence-corrected chi connectivity index (χ3v) is 4.97. The molecule has 0 radical (unpaired) electrons. The van der Waals surface area contributed by atoms with Crippen LogP contribution in [0.3, 0.4) is 0 Å². The van der Waals surface area contributed by atoms with Crippen molar-refractivity contribution in [2.45, 2.75) is 26.2 Å². The van der Waals surface area contributed by atoms with E-state index in [4.69, 9.17) is 0 Å². The summed E-state index contributed by atoms with van der Waals surface area (Å²) in [7, 11) is 0. The smallest absolute Gasteiger partial charge is 0.136 e. The first-order valence-electron chi connectivity index (χ1n) is 8.30. The lowest BCUT2D eigenvalue weighted by atomic mass is 9.88. The molecule has 0 saturated heterocycles. The molecule has 3 aromatic carbocycles. The molecule has 0 heterocycles. The maximum atomic E-state index is 12.4. The zero-order valence-electron chi connectivity index (χ0n) is 13.5. The summed E-state index contributed by atoms with van der Waals surface area (Å²) >= 11 is 0. The Morgan fingerprint density at radius 3 is 2.26 bits per heavy atom. The number of fused-ring (bicyclic) bond motifs is 4. The van der Waals surface area contributed by atoms with E-state index >= 15 is 0 Å². The molecule has 0 aromatic heterocycles. The van der Waals surface area contributed by atoms with Gasteiger partial charge in [-0.3, -0.25) is 4.79 Å². The van der Waals surface area contributed by atoms with Gasteiger partial charge in [0.05, 0.1) is 0 Å². The van der Waals surface area contributed by atoms with E-state index in [0.717, 1.165) is 0 Å².